The largest absolute Gasteiger partial charge is 0.472 e. The van der Waals surface area contributed by atoms with E-state index in [1.54, 1.807) is 28.0 Å². The summed E-state index contributed by atoms with van der Waals surface area (Å²) in [6, 6.07) is 7.73. The number of rotatable bonds is 2. The Morgan fingerprint density at radius 1 is 1.25 bits per heavy atom. The molecule has 1 aromatic heterocycles. The van der Waals surface area contributed by atoms with Crippen molar-refractivity contribution >= 4 is 17.5 Å². The number of hydrogen-bond acceptors (Lipinski definition) is 3. The summed E-state index contributed by atoms with van der Waals surface area (Å²) in [4.78, 5) is 28.3. The molecule has 0 N–H and O–H groups in total. The lowest BCUT2D eigenvalue weighted by molar-refractivity contribution is -0.117. The van der Waals surface area contributed by atoms with E-state index < -0.39 is 0 Å². The van der Waals surface area contributed by atoms with E-state index in [1.807, 2.05) is 0 Å². The number of benzene rings is 1. The van der Waals surface area contributed by atoms with Crippen LogP contribution in [0.5, 0.6) is 0 Å². The zero-order chi connectivity index (χ0) is 16.7. The molecule has 2 aliphatic rings. The minimum Gasteiger partial charge on any atom is -0.472 e. The molecule has 2 aromatic rings. The molecule has 0 unspecified atom stereocenters. The summed E-state index contributed by atoms with van der Waals surface area (Å²) in [6.45, 7) is 1.67. The van der Waals surface area contributed by atoms with Crippen molar-refractivity contribution in [2.24, 2.45) is 5.41 Å². The highest BCUT2D eigenvalue weighted by molar-refractivity contribution is 5.97. The van der Waals surface area contributed by atoms with Gasteiger partial charge in [0.1, 0.15) is 12.1 Å². The van der Waals surface area contributed by atoms with Gasteiger partial charge >= 0.3 is 0 Å². The maximum Gasteiger partial charge on any atom is 0.257 e. The van der Waals surface area contributed by atoms with E-state index in [1.165, 1.54) is 24.7 Å². The van der Waals surface area contributed by atoms with Crippen molar-refractivity contribution in [3.05, 3.63) is 54.2 Å². The first-order valence-electron chi connectivity index (χ1n) is 7.94. The molecule has 2 fully saturated rings. The second-order valence-electron chi connectivity index (χ2n) is 6.63. The summed E-state index contributed by atoms with van der Waals surface area (Å²) in [5.41, 5.74) is 0.859. The van der Waals surface area contributed by atoms with Crippen LogP contribution in [0.1, 0.15) is 23.2 Å². The molecule has 0 bridgehead atoms. The molecule has 0 saturated carbocycles. The van der Waals surface area contributed by atoms with Gasteiger partial charge in [-0.3, -0.25) is 9.59 Å². The van der Waals surface area contributed by atoms with Gasteiger partial charge in [0.25, 0.3) is 5.91 Å². The van der Waals surface area contributed by atoms with E-state index in [9.17, 15) is 14.0 Å². The first-order valence-corrected chi connectivity index (χ1v) is 7.94. The van der Waals surface area contributed by atoms with E-state index in [4.69, 9.17) is 4.42 Å². The summed E-state index contributed by atoms with van der Waals surface area (Å²) in [7, 11) is 0. The molecule has 0 aliphatic carbocycles. The summed E-state index contributed by atoms with van der Waals surface area (Å²) in [5.74, 6) is -0.445. The van der Waals surface area contributed by atoms with Crippen LogP contribution in [0.3, 0.4) is 0 Å². The van der Waals surface area contributed by atoms with Gasteiger partial charge in [-0.2, -0.15) is 0 Å². The zero-order valence-corrected chi connectivity index (χ0v) is 13.1. The van der Waals surface area contributed by atoms with Gasteiger partial charge < -0.3 is 14.2 Å². The molecule has 1 atom stereocenters. The maximum atomic E-state index is 13.4. The fourth-order valence-corrected chi connectivity index (χ4v) is 3.73. The fraction of sp³-hybridized carbons (Fsp3) is 0.333. The van der Waals surface area contributed by atoms with Gasteiger partial charge in [-0.15, -0.1) is 0 Å². The van der Waals surface area contributed by atoms with Gasteiger partial charge in [0, 0.05) is 37.2 Å². The Hall–Kier alpha value is -2.63. The van der Waals surface area contributed by atoms with Crippen molar-refractivity contribution in [1.82, 2.24) is 4.90 Å². The molecule has 5 nitrogen and oxygen atoms in total. The monoisotopic (exact) mass is 328 g/mol. The second kappa shape index (κ2) is 5.47. The Balaban J connectivity index is 1.51. The first-order chi connectivity index (χ1) is 11.6. The van der Waals surface area contributed by atoms with Crippen LogP contribution >= 0.6 is 0 Å². The number of anilines is 1. The lowest BCUT2D eigenvalue weighted by Crippen LogP contribution is -2.34. The van der Waals surface area contributed by atoms with Crippen molar-refractivity contribution in [3.8, 4) is 0 Å². The Bertz CT molecular complexity index is 789. The van der Waals surface area contributed by atoms with Gasteiger partial charge in [0.2, 0.25) is 5.91 Å². The summed E-state index contributed by atoms with van der Waals surface area (Å²) < 4.78 is 18.4. The third-order valence-electron chi connectivity index (χ3n) is 4.93. The molecule has 0 radical (unpaired) electrons. The molecule has 3 heterocycles. The normalized spacial score (nSPS) is 23.5. The van der Waals surface area contributed by atoms with Crippen molar-refractivity contribution in [3.63, 3.8) is 0 Å². The molecule has 2 aliphatic heterocycles. The quantitative estimate of drug-likeness (QED) is 0.852. The Morgan fingerprint density at radius 2 is 2.12 bits per heavy atom. The van der Waals surface area contributed by atoms with Crippen LogP contribution < -0.4 is 4.90 Å². The lowest BCUT2D eigenvalue weighted by Gasteiger charge is -2.24. The number of halogens is 1. The molecule has 4 rings (SSSR count). The van der Waals surface area contributed by atoms with Crippen LogP contribution in [-0.4, -0.2) is 36.3 Å². The van der Waals surface area contributed by atoms with E-state index >= 15 is 0 Å². The van der Waals surface area contributed by atoms with Gasteiger partial charge in [-0.1, -0.05) is 6.07 Å². The van der Waals surface area contributed by atoms with E-state index in [2.05, 4.69) is 0 Å². The number of hydrogen-bond donors (Lipinski definition) is 0. The van der Waals surface area contributed by atoms with Gasteiger partial charge in [-0.05, 0) is 30.7 Å². The minimum absolute atomic E-state index is 0.0155. The minimum atomic E-state index is -0.357. The highest BCUT2D eigenvalue weighted by atomic mass is 19.1. The highest BCUT2D eigenvalue weighted by Crippen LogP contribution is 2.42. The van der Waals surface area contributed by atoms with Crippen molar-refractivity contribution in [1.29, 1.82) is 0 Å². The zero-order valence-electron chi connectivity index (χ0n) is 13.1. The Labute approximate surface area is 138 Å². The lowest BCUT2D eigenvalue weighted by atomic mass is 9.86. The molecular formula is C18H17FN2O3. The number of amides is 2. The van der Waals surface area contributed by atoms with Crippen molar-refractivity contribution in [2.75, 3.05) is 24.5 Å². The summed E-state index contributed by atoms with van der Waals surface area (Å²) >= 11 is 0. The molecule has 1 spiro atoms. The third kappa shape index (κ3) is 2.48. The average Bonchev–Trinajstić information content (AvgIpc) is 3.28. The van der Waals surface area contributed by atoms with Crippen molar-refractivity contribution < 1.29 is 18.4 Å². The SMILES string of the molecule is O=C(c1ccoc1)N1CC[C@@]2(CC(=O)N(c3cccc(F)c3)C2)C1. The summed E-state index contributed by atoms with van der Waals surface area (Å²) in [5, 5.41) is 0. The van der Waals surface area contributed by atoms with Gasteiger partial charge in [0.05, 0.1) is 11.8 Å². The third-order valence-corrected chi connectivity index (χ3v) is 4.93. The highest BCUT2D eigenvalue weighted by Gasteiger charge is 2.48. The second-order valence-corrected chi connectivity index (χ2v) is 6.63. The Morgan fingerprint density at radius 3 is 2.88 bits per heavy atom. The van der Waals surface area contributed by atoms with Crippen LogP contribution in [-0.2, 0) is 4.79 Å². The smallest absolute Gasteiger partial charge is 0.257 e. The fourth-order valence-electron chi connectivity index (χ4n) is 3.73. The summed E-state index contributed by atoms with van der Waals surface area (Å²) in [6.07, 6.45) is 4.07. The van der Waals surface area contributed by atoms with Crippen LogP contribution in [0.2, 0.25) is 0 Å². The van der Waals surface area contributed by atoms with Crippen LogP contribution in [0.4, 0.5) is 10.1 Å². The van der Waals surface area contributed by atoms with Crippen LogP contribution in [0.15, 0.2) is 47.3 Å². The molecule has 124 valence electrons. The van der Waals surface area contributed by atoms with Gasteiger partial charge in [0.15, 0.2) is 0 Å². The average molecular weight is 328 g/mol. The Kier molecular flexibility index (Phi) is 3.40. The predicted molar refractivity (Wildman–Crippen MR) is 85.0 cm³/mol. The standard InChI is InChI=1S/C18H17FN2O3/c19-14-2-1-3-15(8-14)21-12-18(9-16(21)22)5-6-20(11-18)17(23)13-4-7-24-10-13/h1-4,7-8,10H,5-6,9,11-12H2/t18-/m1/s1. The van der Waals surface area contributed by atoms with Crippen LogP contribution in [0, 0.1) is 11.2 Å². The molecule has 1 aromatic carbocycles. The number of carbonyl (C=O) groups excluding carboxylic acids is 2. The number of furan rings is 1. The number of carbonyl (C=O) groups is 2. The van der Waals surface area contributed by atoms with E-state index in [0.29, 0.717) is 37.3 Å². The molecular weight excluding hydrogens is 311 g/mol. The molecule has 24 heavy (non-hydrogen) atoms. The van der Waals surface area contributed by atoms with E-state index in [0.717, 1.165) is 6.42 Å². The molecule has 6 heteroatoms. The predicted octanol–water partition coefficient (Wildman–Crippen LogP) is 2.69. The van der Waals surface area contributed by atoms with Gasteiger partial charge in [-0.25, -0.2) is 4.39 Å². The molecule has 2 saturated heterocycles. The topological polar surface area (TPSA) is 53.8 Å². The first kappa shape index (κ1) is 14.9. The van der Waals surface area contributed by atoms with E-state index in [-0.39, 0.29) is 23.0 Å². The maximum absolute atomic E-state index is 13.4. The number of likely N-dealkylation sites (tertiary alicyclic amines) is 1. The van der Waals surface area contributed by atoms with Crippen LogP contribution in [0.25, 0.3) is 0 Å². The molecule has 2 amide bonds. The van der Waals surface area contributed by atoms with Crippen molar-refractivity contribution in [2.45, 2.75) is 12.8 Å². The number of nitrogens with zero attached hydrogens (tertiary/aromatic N) is 2.